The molecule has 0 bridgehead atoms. The van der Waals surface area contributed by atoms with Gasteiger partial charge in [0.25, 0.3) is 0 Å². The van der Waals surface area contributed by atoms with Crippen LogP contribution >= 0.6 is 11.3 Å². The van der Waals surface area contributed by atoms with Gasteiger partial charge in [-0.05, 0) is 43.0 Å². The van der Waals surface area contributed by atoms with Crippen molar-refractivity contribution in [3.63, 3.8) is 0 Å². The largest absolute Gasteiger partial charge is 0.348 e. The van der Waals surface area contributed by atoms with Gasteiger partial charge in [0.05, 0.1) is 10.2 Å². The van der Waals surface area contributed by atoms with Gasteiger partial charge in [0.1, 0.15) is 11.6 Å². The first-order chi connectivity index (χ1) is 13.4. The number of piperidine rings is 1. The number of rotatable bonds is 5. The molecule has 0 unspecified atom stereocenters. The van der Waals surface area contributed by atoms with Crippen LogP contribution in [0.5, 0.6) is 0 Å². The van der Waals surface area contributed by atoms with Crippen LogP contribution in [0, 0.1) is 17.6 Å². The van der Waals surface area contributed by atoms with E-state index in [9.17, 15) is 17.2 Å². The quantitative estimate of drug-likeness (QED) is 0.679. The Hall–Kier alpha value is -2.10. The highest BCUT2D eigenvalue weighted by Crippen LogP contribution is 2.31. The van der Waals surface area contributed by atoms with Crippen LogP contribution in [0.15, 0.2) is 47.4 Å². The number of aromatic nitrogens is 1. The van der Waals surface area contributed by atoms with E-state index < -0.39 is 26.6 Å². The van der Waals surface area contributed by atoms with Crippen molar-refractivity contribution in [3.05, 3.63) is 54.1 Å². The Morgan fingerprint density at radius 3 is 2.43 bits per heavy atom. The lowest BCUT2D eigenvalue weighted by Gasteiger charge is -2.31. The van der Waals surface area contributed by atoms with Gasteiger partial charge in [0.2, 0.25) is 10.0 Å². The van der Waals surface area contributed by atoms with Crippen molar-refractivity contribution in [1.29, 1.82) is 0 Å². The van der Waals surface area contributed by atoms with Crippen LogP contribution in [-0.4, -0.2) is 33.0 Å². The number of hydrogen-bond acceptors (Lipinski definition) is 5. The van der Waals surface area contributed by atoms with E-state index in [0.717, 1.165) is 59.5 Å². The second kappa shape index (κ2) is 7.73. The van der Waals surface area contributed by atoms with Crippen molar-refractivity contribution >= 4 is 36.7 Å². The van der Waals surface area contributed by atoms with E-state index in [-0.39, 0.29) is 12.5 Å². The SMILES string of the molecule is O=S(=O)(NCC1CCN(c2nc3ccccc3s2)CC1)c1c(F)cccc1F. The van der Waals surface area contributed by atoms with Crippen LogP contribution in [0.2, 0.25) is 0 Å². The Morgan fingerprint density at radius 2 is 1.75 bits per heavy atom. The Balaban J connectivity index is 1.37. The fraction of sp³-hybridized carbons (Fsp3) is 0.316. The number of anilines is 1. The molecule has 1 N–H and O–H groups in total. The molecule has 0 aliphatic carbocycles. The Bertz CT molecular complexity index is 1040. The second-order valence-electron chi connectivity index (χ2n) is 6.80. The first-order valence-corrected chi connectivity index (χ1v) is 11.3. The minimum atomic E-state index is -4.23. The number of halogens is 2. The van der Waals surface area contributed by atoms with Crippen molar-refractivity contribution in [2.75, 3.05) is 24.5 Å². The molecule has 2 aromatic carbocycles. The molecule has 1 saturated heterocycles. The Labute approximate surface area is 166 Å². The fourth-order valence-corrected chi connectivity index (χ4v) is 5.63. The number of benzene rings is 2. The average molecular weight is 424 g/mol. The minimum Gasteiger partial charge on any atom is -0.348 e. The molecule has 2 heterocycles. The zero-order valence-electron chi connectivity index (χ0n) is 14.9. The minimum absolute atomic E-state index is 0.107. The summed E-state index contributed by atoms with van der Waals surface area (Å²) in [6.07, 6.45) is 1.55. The third-order valence-electron chi connectivity index (χ3n) is 4.92. The van der Waals surface area contributed by atoms with E-state index in [0.29, 0.717) is 0 Å². The molecule has 1 fully saturated rings. The lowest BCUT2D eigenvalue weighted by molar-refractivity contribution is 0.401. The zero-order valence-corrected chi connectivity index (χ0v) is 16.6. The fourth-order valence-electron chi connectivity index (χ4n) is 3.36. The predicted octanol–water partition coefficient (Wildman–Crippen LogP) is 3.77. The Kier molecular flexibility index (Phi) is 5.31. The molecule has 3 aromatic rings. The summed E-state index contributed by atoms with van der Waals surface area (Å²) in [5, 5.41) is 0.966. The number of fused-ring (bicyclic) bond motifs is 1. The summed E-state index contributed by atoms with van der Waals surface area (Å²) in [4.78, 5) is 5.94. The first-order valence-electron chi connectivity index (χ1n) is 8.98. The summed E-state index contributed by atoms with van der Waals surface area (Å²) in [6.45, 7) is 1.68. The molecule has 0 atom stereocenters. The highest BCUT2D eigenvalue weighted by molar-refractivity contribution is 7.89. The van der Waals surface area contributed by atoms with Gasteiger partial charge in [0, 0.05) is 19.6 Å². The molecular weight excluding hydrogens is 404 g/mol. The summed E-state index contributed by atoms with van der Waals surface area (Å²) < 4.78 is 55.6. The van der Waals surface area contributed by atoms with Gasteiger partial charge in [-0.3, -0.25) is 0 Å². The molecule has 0 saturated carbocycles. The smallest absolute Gasteiger partial charge is 0.246 e. The topological polar surface area (TPSA) is 62.3 Å². The first kappa shape index (κ1) is 19.2. The highest BCUT2D eigenvalue weighted by Gasteiger charge is 2.27. The summed E-state index contributed by atoms with van der Waals surface area (Å²) in [5.74, 6) is -2.06. The zero-order chi connectivity index (χ0) is 19.7. The van der Waals surface area contributed by atoms with E-state index >= 15 is 0 Å². The van der Waals surface area contributed by atoms with Crippen molar-refractivity contribution < 1.29 is 17.2 Å². The van der Waals surface area contributed by atoms with Crippen molar-refractivity contribution in [2.45, 2.75) is 17.7 Å². The number of nitrogens with one attached hydrogen (secondary N) is 1. The molecule has 0 spiro atoms. The van der Waals surface area contributed by atoms with E-state index in [4.69, 9.17) is 0 Å². The van der Waals surface area contributed by atoms with Crippen LogP contribution in [-0.2, 0) is 10.0 Å². The molecule has 28 heavy (non-hydrogen) atoms. The van der Waals surface area contributed by atoms with Gasteiger partial charge < -0.3 is 4.90 Å². The normalized spacial score (nSPS) is 16.0. The summed E-state index contributed by atoms with van der Waals surface area (Å²) >= 11 is 1.64. The van der Waals surface area contributed by atoms with Crippen LogP contribution in [0.4, 0.5) is 13.9 Å². The lowest BCUT2D eigenvalue weighted by atomic mass is 9.97. The standard InChI is InChI=1S/C19H19F2N3O2S2/c20-14-4-3-5-15(21)18(14)28(25,26)22-12-13-8-10-24(11-9-13)19-23-16-6-1-2-7-17(16)27-19/h1-7,13,22H,8-12H2. The van der Waals surface area contributed by atoms with Gasteiger partial charge in [-0.15, -0.1) is 0 Å². The molecular formula is C19H19F2N3O2S2. The third-order valence-corrected chi connectivity index (χ3v) is 7.49. The van der Waals surface area contributed by atoms with Crippen molar-refractivity contribution in [1.82, 2.24) is 9.71 Å². The number of hydrogen-bond donors (Lipinski definition) is 1. The van der Waals surface area contributed by atoms with Gasteiger partial charge in [0.15, 0.2) is 10.0 Å². The van der Waals surface area contributed by atoms with Gasteiger partial charge in [-0.25, -0.2) is 26.9 Å². The molecule has 148 valence electrons. The maximum absolute atomic E-state index is 13.8. The van der Waals surface area contributed by atoms with Crippen molar-refractivity contribution in [3.8, 4) is 0 Å². The maximum Gasteiger partial charge on any atom is 0.246 e. The van der Waals surface area contributed by atoms with Crippen LogP contribution < -0.4 is 9.62 Å². The van der Waals surface area contributed by atoms with Crippen LogP contribution in [0.1, 0.15) is 12.8 Å². The average Bonchev–Trinajstić information content (AvgIpc) is 3.11. The Morgan fingerprint density at radius 1 is 1.07 bits per heavy atom. The summed E-state index contributed by atoms with van der Waals surface area (Å²) in [7, 11) is -4.23. The maximum atomic E-state index is 13.8. The molecule has 5 nitrogen and oxygen atoms in total. The summed E-state index contributed by atoms with van der Waals surface area (Å²) in [6, 6.07) is 11.0. The van der Waals surface area contributed by atoms with E-state index in [1.165, 1.54) is 0 Å². The van der Waals surface area contributed by atoms with E-state index in [2.05, 4.69) is 14.6 Å². The van der Waals surface area contributed by atoms with Crippen molar-refractivity contribution in [2.24, 2.45) is 5.92 Å². The third kappa shape index (κ3) is 3.87. The molecule has 0 amide bonds. The van der Waals surface area contributed by atoms with Crippen LogP contribution in [0.25, 0.3) is 10.2 Å². The number of nitrogens with zero attached hydrogens (tertiary/aromatic N) is 2. The molecule has 0 radical (unpaired) electrons. The number of para-hydroxylation sites is 1. The number of thiazole rings is 1. The lowest BCUT2D eigenvalue weighted by Crippen LogP contribution is -2.39. The van der Waals surface area contributed by atoms with Gasteiger partial charge >= 0.3 is 0 Å². The molecule has 9 heteroatoms. The summed E-state index contributed by atoms with van der Waals surface area (Å²) in [5.41, 5.74) is 0.976. The molecule has 4 rings (SSSR count). The van der Waals surface area contributed by atoms with Gasteiger partial charge in [-0.2, -0.15) is 0 Å². The van der Waals surface area contributed by atoms with E-state index in [1.807, 2.05) is 24.3 Å². The molecule has 1 aromatic heterocycles. The second-order valence-corrected chi connectivity index (χ2v) is 9.51. The predicted molar refractivity (Wildman–Crippen MR) is 106 cm³/mol. The molecule has 1 aliphatic heterocycles. The number of sulfonamides is 1. The monoisotopic (exact) mass is 423 g/mol. The van der Waals surface area contributed by atoms with Crippen LogP contribution in [0.3, 0.4) is 0 Å². The molecule has 1 aliphatic rings. The van der Waals surface area contributed by atoms with Gasteiger partial charge in [-0.1, -0.05) is 29.5 Å². The van der Waals surface area contributed by atoms with E-state index in [1.54, 1.807) is 11.3 Å². The highest BCUT2D eigenvalue weighted by atomic mass is 32.2.